The van der Waals surface area contributed by atoms with Crippen LogP contribution in [0, 0.1) is 0 Å². The maximum Gasteiger partial charge on any atom is 0.320 e. The van der Waals surface area contributed by atoms with Crippen molar-refractivity contribution in [1.29, 1.82) is 0 Å². The van der Waals surface area contributed by atoms with Crippen LogP contribution in [-0.2, 0) is 17.6 Å². The van der Waals surface area contributed by atoms with E-state index in [0.717, 1.165) is 16.6 Å². The summed E-state index contributed by atoms with van der Waals surface area (Å²) in [6.45, 7) is 4.01. The first-order valence-corrected chi connectivity index (χ1v) is 6.82. The van der Waals surface area contributed by atoms with Crippen LogP contribution < -0.4 is 5.73 Å². The molecule has 0 aliphatic heterocycles. The Hall–Kier alpha value is -2.27. The molecule has 2 rings (SSSR count). The van der Waals surface area contributed by atoms with Crippen LogP contribution in [0.3, 0.4) is 0 Å². The summed E-state index contributed by atoms with van der Waals surface area (Å²) in [5, 5.41) is 20.0. The van der Waals surface area contributed by atoms with Crippen molar-refractivity contribution in [3.05, 3.63) is 41.1 Å². The Balaban J connectivity index is 2.42. The van der Waals surface area contributed by atoms with Gasteiger partial charge in [0.2, 0.25) is 0 Å². The Morgan fingerprint density at radius 3 is 2.71 bits per heavy atom. The highest BCUT2D eigenvalue weighted by Gasteiger charge is 2.17. The summed E-state index contributed by atoms with van der Waals surface area (Å²) in [7, 11) is 0. The second-order valence-corrected chi connectivity index (χ2v) is 5.44. The van der Waals surface area contributed by atoms with E-state index in [1.165, 1.54) is 5.57 Å². The van der Waals surface area contributed by atoms with Crippen LogP contribution in [0.5, 0.6) is 5.75 Å². The minimum Gasteiger partial charge on any atom is -0.507 e. The number of nitrogens with two attached hydrogens (primary N) is 1. The fourth-order valence-corrected chi connectivity index (χ4v) is 2.28. The third-order valence-electron chi connectivity index (χ3n) is 3.47. The van der Waals surface area contributed by atoms with Gasteiger partial charge in [0.15, 0.2) is 0 Å². The van der Waals surface area contributed by atoms with E-state index >= 15 is 0 Å². The fraction of sp³-hybridized carbons (Fsp3) is 0.312. The summed E-state index contributed by atoms with van der Waals surface area (Å²) >= 11 is 0. The van der Waals surface area contributed by atoms with E-state index < -0.39 is 12.0 Å². The van der Waals surface area contributed by atoms with E-state index in [1.54, 1.807) is 6.20 Å². The second kappa shape index (κ2) is 6.01. The monoisotopic (exact) mass is 288 g/mol. The molecule has 0 bridgehead atoms. The highest BCUT2D eigenvalue weighted by atomic mass is 16.4. The molecular weight excluding hydrogens is 268 g/mol. The van der Waals surface area contributed by atoms with Gasteiger partial charge >= 0.3 is 5.97 Å². The molecule has 5 N–H and O–H groups in total. The van der Waals surface area contributed by atoms with Crippen LogP contribution in [0.4, 0.5) is 0 Å². The van der Waals surface area contributed by atoms with Gasteiger partial charge < -0.3 is 20.9 Å². The molecule has 2 aromatic rings. The van der Waals surface area contributed by atoms with Gasteiger partial charge in [0.05, 0.1) is 0 Å². The Morgan fingerprint density at radius 2 is 2.10 bits per heavy atom. The standard InChI is InChI=1S/C16H20N2O3/c1-9(2)3-4-10-5-6-13-14(15(10)19)11(8-18-13)7-12(17)16(20)21/h3,5-6,8,12,18-19H,4,7,17H2,1-2H3,(H,20,21). The Kier molecular flexibility index (Phi) is 4.33. The molecule has 1 aromatic heterocycles. The number of allylic oxidation sites excluding steroid dienone is 2. The number of hydrogen-bond donors (Lipinski definition) is 4. The average Bonchev–Trinajstić information content (AvgIpc) is 2.81. The molecule has 0 fully saturated rings. The van der Waals surface area contributed by atoms with Gasteiger partial charge in [-0.05, 0) is 37.5 Å². The topological polar surface area (TPSA) is 99.3 Å². The quantitative estimate of drug-likeness (QED) is 0.634. The molecule has 1 atom stereocenters. The van der Waals surface area contributed by atoms with E-state index in [1.807, 2.05) is 32.1 Å². The van der Waals surface area contributed by atoms with Gasteiger partial charge in [-0.25, -0.2) is 0 Å². The first-order valence-electron chi connectivity index (χ1n) is 6.82. The summed E-state index contributed by atoms with van der Waals surface area (Å²) in [6.07, 6.45) is 4.56. The molecule has 112 valence electrons. The van der Waals surface area contributed by atoms with Crippen molar-refractivity contribution in [3.63, 3.8) is 0 Å². The number of rotatable bonds is 5. The molecule has 1 unspecified atom stereocenters. The smallest absolute Gasteiger partial charge is 0.320 e. The third-order valence-corrected chi connectivity index (χ3v) is 3.47. The minimum atomic E-state index is -1.05. The number of aromatic amines is 1. The number of carboxylic acid groups (broad SMARTS) is 1. The summed E-state index contributed by atoms with van der Waals surface area (Å²) in [6, 6.07) is 2.78. The number of phenols is 1. The average molecular weight is 288 g/mol. The van der Waals surface area contributed by atoms with Crippen LogP contribution >= 0.6 is 0 Å². The molecule has 1 aromatic carbocycles. The van der Waals surface area contributed by atoms with Gasteiger partial charge in [-0.3, -0.25) is 4.79 Å². The lowest BCUT2D eigenvalue weighted by atomic mass is 10.0. The van der Waals surface area contributed by atoms with Crippen molar-refractivity contribution in [2.75, 3.05) is 0 Å². The first-order chi connectivity index (χ1) is 9.90. The summed E-state index contributed by atoms with van der Waals surface area (Å²) in [4.78, 5) is 13.9. The number of aromatic nitrogens is 1. The normalized spacial score (nSPS) is 12.3. The third kappa shape index (κ3) is 3.25. The van der Waals surface area contributed by atoms with Crippen LogP contribution in [0.25, 0.3) is 10.9 Å². The van der Waals surface area contributed by atoms with Crippen molar-refractivity contribution < 1.29 is 15.0 Å². The Bertz CT molecular complexity index is 697. The molecule has 0 saturated carbocycles. The van der Waals surface area contributed by atoms with Crippen LogP contribution in [0.1, 0.15) is 25.0 Å². The fourth-order valence-electron chi connectivity index (χ4n) is 2.28. The molecule has 0 aliphatic carbocycles. The van der Waals surface area contributed by atoms with Crippen molar-refractivity contribution in [1.82, 2.24) is 4.98 Å². The zero-order chi connectivity index (χ0) is 15.6. The number of nitrogens with one attached hydrogen (secondary N) is 1. The number of aliphatic carboxylic acids is 1. The predicted molar refractivity (Wildman–Crippen MR) is 82.4 cm³/mol. The summed E-state index contributed by atoms with van der Waals surface area (Å²) in [5.74, 6) is -0.858. The lowest BCUT2D eigenvalue weighted by Crippen LogP contribution is -2.32. The molecular formula is C16H20N2O3. The number of carboxylic acids is 1. The zero-order valence-corrected chi connectivity index (χ0v) is 12.2. The van der Waals surface area contributed by atoms with Crippen molar-refractivity contribution >= 4 is 16.9 Å². The molecule has 0 radical (unpaired) electrons. The van der Waals surface area contributed by atoms with Gasteiger partial charge in [-0.15, -0.1) is 0 Å². The molecule has 0 saturated heterocycles. The van der Waals surface area contributed by atoms with Gasteiger partial charge in [0.25, 0.3) is 0 Å². The number of aromatic hydroxyl groups is 1. The number of hydrogen-bond acceptors (Lipinski definition) is 3. The number of fused-ring (bicyclic) bond motifs is 1. The summed E-state index contributed by atoms with van der Waals surface area (Å²) < 4.78 is 0. The van der Waals surface area contributed by atoms with Crippen molar-refractivity contribution in [2.24, 2.45) is 5.73 Å². The molecule has 5 nitrogen and oxygen atoms in total. The highest BCUT2D eigenvalue weighted by molar-refractivity contribution is 5.91. The first kappa shape index (κ1) is 15.1. The highest BCUT2D eigenvalue weighted by Crippen LogP contribution is 2.32. The number of H-pyrrole nitrogens is 1. The lowest BCUT2D eigenvalue weighted by Gasteiger charge is -2.08. The van der Waals surface area contributed by atoms with Crippen molar-refractivity contribution in [2.45, 2.75) is 32.7 Å². The van der Waals surface area contributed by atoms with Gasteiger partial charge in [-0.2, -0.15) is 0 Å². The van der Waals surface area contributed by atoms with Crippen LogP contribution in [0.2, 0.25) is 0 Å². The molecule has 1 heterocycles. The predicted octanol–water partition coefficient (Wildman–Crippen LogP) is 2.34. The van der Waals surface area contributed by atoms with E-state index in [4.69, 9.17) is 10.8 Å². The molecule has 0 amide bonds. The van der Waals surface area contributed by atoms with Crippen LogP contribution in [-0.4, -0.2) is 27.2 Å². The van der Waals surface area contributed by atoms with E-state index in [-0.39, 0.29) is 12.2 Å². The van der Waals surface area contributed by atoms with Gasteiger partial charge in [0.1, 0.15) is 11.8 Å². The maximum absolute atomic E-state index is 10.9. The number of benzene rings is 1. The molecule has 5 heteroatoms. The van der Waals surface area contributed by atoms with E-state index in [0.29, 0.717) is 11.8 Å². The number of carbonyl (C=O) groups is 1. The molecule has 21 heavy (non-hydrogen) atoms. The maximum atomic E-state index is 10.9. The Morgan fingerprint density at radius 1 is 1.38 bits per heavy atom. The van der Waals surface area contributed by atoms with E-state index in [9.17, 15) is 9.90 Å². The SMILES string of the molecule is CC(C)=CCc1ccc2[nH]cc(CC(N)C(=O)O)c2c1O. The van der Waals surface area contributed by atoms with E-state index in [2.05, 4.69) is 4.98 Å². The summed E-state index contributed by atoms with van der Waals surface area (Å²) in [5.41, 5.74) is 9.07. The molecule has 0 spiro atoms. The second-order valence-electron chi connectivity index (χ2n) is 5.44. The number of phenolic OH excluding ortho intramolecular Hbond substituents is 1. The van der Waals surface area contributed by atoms with Crippen LogP contribution in [0.15, 0.2) is 30.0 Å². The molecule has 0 aliphatic rings. The Labute approximate surface area is 123 Å². The largest absolute Gasteiger partial charge is 0.507 e. The minimum absolute atomic E-state index is 0.176. The zero-order valence-electron chi connectivity index (χ0n) is 12.2. The lowest BCUT2D eigenvalue weighted by molar-refractivity contribution is -0.138. The van der Waals surface area contributed by atoms with Gasteiger partial charge in [0, 0.05) is 23.5 Å². The van der Waals surface area contributed by atoms with Crippen molar-refractivity contribution in [3.8, 4) is 5.75 Å². The van der Waals surface area contributed by atoms with Gasteiger partial charge in [-0.1, -0.05) is 17.7 Å².